The summed E-state index contributed by atoms with van der Waals surface area (Å²) in [6.45, 7) is 10.9. The molecule has 3 heteroatoms. The van der Waals surface area contributed by atoms with Gasteiger partial charge in [0.15, 0.2) is 0 Å². The highest BCUT2D eigenvalue weighted by molar-refractivity contribution is 5.00. The van der Waals surface area contributed by atoms with E-state index in [-0.39, 0.29) is 5.54 Å². The van der Waals surface area contributed by atoms with Crippen LogP contribution in [0.1, 0.15) is 46.4 Å². The third-order valence-electron chi connectivity index (χ3n) is 2.70. The van der Waals surface area contributed by atoms with Crippen molar-refractivity contribution in [3.8, 4) is 0 Å². The predicted molar refractivity (Wildman–Crippen MR) is 77.7 cm³/mol. The Morgan fingerprint density at radius 2 is 2.11 bits per heavy atom. The molecule has 0 spiro atoms. The smallest absolute Gasteiger partial charge is 0.112 e. The second kappa shape index (κ2) is 7.37. The topological polar surface area (TPSA) is 29.9 Å². The number of rotatable bonds is 7. The third-order valence-corrected chi connectivity index (χ3v) is 2.70. The molecule has 1 aromatic rings. The lowest BCUT2D eigenvalue weighted by Gasteiger charge is -2.19. The molecule has 3 nitrogen and oxygen atoms in total. The summed E-state index contributed by atoms with van der Waals surface area (Å²) in [5, 5.41) is 3.48. The second-order valence-corrected chi connectivity index (χ2v) is 5.68. The number of nitrogens with one attached hydrogen (secondary N) is 1. The molecule has 1 heterocycles. The van der Waals surface area contributed by atoms with Crippen LogP contribution in [0, 0.1) is 0 Å². The number of allylic oxidation sites excluding steroid dienone is 1. The maximum Gasteiger partial charge on any atom is 0.112 e. The maximum atomic E-state index is 4.39. The molecule has 0 bridgehead atoms. The maximum absolute atomic E-state index is 4.39. The van der Waals surface area contributed by atoms with E-state index < -0.39 is 0 Å². The minimum atomic E-state index is 0.214. The highest BCUT2D eigenvalue weighted by Gasteiger charge is 2.06. The molecular formula is C15H27N3. The van der Waals surface area contributed by atoms with E-state index in [1.54, 1.807) is 0 Å². The van der Waals surface area contributed by atoms with Crippen molar-refractivity contribution in [1.82, 2.24) is 14.9 Å². The van der Waals surface area contributed by atoms with Crippen molar-refractivity contribution in [2.24, 2.45) is 0 Å². The molecule has 102 valence electrons. The SMILES string of the molecule is CCCn1ccnc1CC=CCCNC(C)(C)C. The van der Waals surface area contributed by atoms with Crippen molar-refractivity contribution < 1.29 is 0 Å². The van der Waals surface area contributed by atoms with Crippen molar-refractivity contribution in [3.63, 3.8) is 0 Å². The number of hydrogen-bond acceptors (Lipinski definition) is 2. The Kier molecular flexibility index (Phi) is 6.13. The summed E-state index contributed by atoms with van der Waals surface area (Å²) in [7, 11) is 0. The van der Waals surface area contributed by atoms with Gasteiger partial charge in [-0.3, -0.25) is 0 Å². The lowest BCUT2D eigenvalue weighted by Crippen LogP contribution is -2.36. The molecule has 0 saturated carbocycles. The summed E-state index contributed by atoms with van der Waals surface area (Å²) in [5.41, 5.74) is 0.214. The highest BCUT2D eigenvalue weighted by atomic mass is 15.1. The molecule has 0 amide bonds. The van der Waals surface area contributed by atoms with E-state index in [1.165, 1.54) is 0 Å². The first-order valence-corrected chi connectivity index (χ1v) is 6.93. The largest absolute Gasteiger partial charge is 0.335 e. The highest BCUT2D eigenvalue weighted by Crippen LogP contribution is 2.02. The monoisotopic (exact) mass is 249 g/mol. The van der Waals surface area contributed by atoms with Crippen LogP contribution in [0.4, 0.5) is 0 Å². The molecule has 1 rings (SSSR count). The normalized spacial score (nSPS) is 12.4. The minimum absolute atomic E-state index is 0.214. The van der Waals surface area contributed by atoms with E-state index in [9.17, 15) is 0 Å². The van der Waals surface area contributed by atoms with Crippen molar-refractivity contribution in [3.05, 3.63) is 30.4 Å². The predicted octanol–water partition coefficient (Wildman–Crippen LogP) is 3.17. The van der Waals surface area contributed by atoms with Crippen LogP contribution in [0.2, 0.25) is 0 Å². The minimum Gasteiger partial charge on any atom is -0.335 e. The first kappa shape index (κ1) is 15.0. The Labute approximate surface area is 111 Å². The first-order valence-electron chi connectivity index (χ1n) is 6.93. The molecule has 1 aromatic heterocycles. The first-order chi connectivity index (χ1) is 8.53. The van der Waals surface area contributed by atoms with Gasteiger partial charge in [0.1, 0.15) is 5.82 Å². The van der Waals surface area contributed by atoms with Gasteiger partial charge in [-0.25, -0.2) is 4.98 Å². The quantitative estimate of drug-likeness (QED) is 0.594. The van der Waals surface area contributed by atoms with Gasteiger partial charge in [-0.2, -0.15) is 0 Å². The van der Waals surface area contributed by atoms with Gasteiger partial charge in [0.25, 0.3) is 0 Å². The van der Waals surface area contributed by atoms with Crippen LogP contribution in [-0.4, -0.2) is 21.6 Å². The number of imidazole rings is 1. The Balaban J connectivity index is 2.25. The van der Waals surface area contributed by atoms with Gasteiger partial charge in [-0.15, -0.1) is 0 Å². The lowest BCUT2D eigenvalue weighted by atomic mass is 10.1. The van der Waals surface area contributed by atoms with Crippen LogP contribution >= 0.6 is 0 Å². The number of aryl methyl sites for hydroxylation is 1. The molecule has 0 fully saturated rings. The Morgan fingerprint density at radius 3 is 2.78 bits per heavy atom. The van der Waals surface area contributed by atoms with E-state index >= 15 is 0 Å². The third kappa shape index (κ3) is 6.01. The standard InChI is InChI=1S/C15H27N3/c1-5-12-18-13-11-16-14(18)9-7-6-8-10-17-15(2,3)4/h6-7,11,13,17H,5,8-10,12H2,1-4H3. The Morgan fingerprint density at radius 1 is 1.33 bits per heavy atom. The average molecular weight is 249 g/mol. The van der Waals surface area contributed by atoms with Gasteiger partial charge in [0, 0.05) is 30.9 Å². The number of nitrogens with zero attached hydrogens (tertiary/aromatic N) is 2. The van der Waals surface area contributed by atoms with Crippen LogP contribution in [-0.2, 0) is 13.0 Å². The second-order valence-electron chi connectivity index (χ2n) is 5.68. The van der Waals surface area contributed by atoms with Crippen molar-refractivity contribution >= 4 is 0 Å². The van der Waals surface area contributed by atoms with Crippen molar-refractivity contribution in [1.29, 1.82) is 0 Å². The molecule has 0 aromatic carbocycles. The van der Waals surface area contributed by atoms with Gasteiger partial charge in [0.2, 0.25) is 0 Å². The van der Waals surface area contributed by atoms with E-state index in [4.69, 9.17) is 0 Å². The van der Waals surface area contributed by atoms with E-state index in [2.05, 4.69) is 60.9 Å². The average Bonchev–Trinajstić information content (AvgIpc) is 2.70. The fourth-order valence-corrected chi connectivity index (χ4v) is 1.81. The fourth-order valence-electron chi connectivity index (χ4n) is 1.81. The molecule has 0 radical (unpaired) electrons. The summed E-state index contributed by atoms with van der Waals surface area (Å²) in [4.78, 5) is 4.39. The fraction of sp³-hybridized carbons (Fsp3) is 0.667. The number of aromatic nitrogens is 2. The Bertz CT molecular complexity index is 358. The lowest BCUT2D eigenvalue weighted by molar-refractivity contribution is 0.431. The van der Waals surface area contributed by atoms with Crippen molar-refractivity contribution in [2.45, 2.75) is 59.0 Å². The van der Waals surface area contributed by atoms with Gasteiger partial charge in [-0.1, -0.05) is 19.1 Å². The molecular weight excluding hydrogens is 222 g/mol. The summed E-state index contributed by atoms with van der Waals surface area (Å²) in [6.07, 6.45) is 11.6. The van der Waals surface area contributed by atoms with E-state index in [0.29, 0.717) is 0 Å². The molecule has 0 aliphatic rings. The summed E-state index contributed by atoms with van der Waals surface area (Å²) in [5.74, 6) is 1.16. The van der Waals surface area contributed by atoms with Crippen LogP contribution in [0.25, 0.3) is 0 Å². The van der Waals surface area contributed by atoms with Crippen LogP contribution in [0.5, 0.6) is 0 Å². The van der Waals surface area contributed by atoms with Crippen LogP contribution < -0.4 is 5.32 Å². The summed E-state index contributed by atoms with van der Waals surface area (Å²) in [6, 6.07) is 0. The van der Waals surface area contributed by atoms with Gasteiger partial charge in [0.05, 0.1) is 0 Å². The van der Waals surface area contributed by atoms with Crippen LogP contribution in [0.15, 0.2) is 24.5 Å². The molecule has 18 heavy (non-hydrogen) atoms. The van der Waals surface area contributed by atoms with Gasteiger partial charge >= 0.3 is 0 Å². The zero-order chi connectivity index (χ0) is 13.4. The molecule has 0 saturated heterocycles. The van der Waals surface area contributed by atoms with Crippen LogP contribution in [0.3, 0.4) is 0 Å². The van der Waals surface area contributed by atoms with Crippen molar-refractivity contribution in [2.75, 3.05) is 6.54 Å². The summed E-state index contributed by atoms with van der Waals surface area (Å²) >= 11 is 0. The van der Waals surface area contributed by atoms with Gasteiger partial charge in [-0.05, 0) is 40.2 Å². The zero-order valence-corrected chi connectivity index (χ0v) is 12.2. The zero-order valence-electron chi connectivity index (χ0n) is 12.2. The Hall–Kier alpha value is -1.09. The van der Waals surface area contributed by atoms with E-state index in [0.717, 1.165) is 38.2 Å². The molecule has 1 N–H and O–H groups in total. The molecule has 0 unspecified atom stereocenters. The number of hydrogen-bond donors (Lipinski definition) is 1. The molecule has 0 aliphatic carbocycles. The van der Waals surface area contributed by atoms with Gasteiger partial charge < -0.3 is 9.88 Å². The van der Waals surface area contributed by atoms with E-state index in [1.807, 2.05) is 6.20 Å². The molecule has 0 atom stereocenters. The molecule has 0 aliphatic heterocycles. The summed E-state index contributed by atoms with van der Waals surface area (Å²) < 4.78 is 2.23.